The van der Waals surface area contributed by atoms with Crippen LogP contribution in [0.2, 0.25) is 0 Å². The Morgan fingerprint density at radius 2 is 1.43 bits per heavy atom. The monoisotopic (exact) mass is 203 g/mol. The van der Waals surface area contributed by atoms with Crippen LogP contribution in [0.5, 0.6) is 0 Å². The molecule has 3 N–H and O–H groups in total. The maximum Gasteiger partial charge on any atom is 0.0558 e. The van der Waals surface area contributed by atoms with Gasteiger partial charge in [0.05, 0.1) is 6.61 Å². The van der Waals surface area contributed by atoms with Crippen molar-refractivity contribution in [1.82, 2.24) is 15.5 Å². The van der Waals surface area contributed by atoms with E-state index in [9.17, 15) is 0 Å². The van der Waals surface area contributed by atoms with E-state index in [0.29, 0.717) is 0 Å². The molecule has 0 aliphatic carbocycles. The topological polar surface area (TPSA) is 47.5 Å². The van der Waals surface area contributed by atoms with E-state index in [4.69, 9.17) is 5.11 Å². The van der Waals surface area contributed by atoms with Crippen LogP contribution in [0.1, 0.15) is 13.8 Å². The molecule has 4 heteroatoms. The molecule has 1 aliphatic rings. The molecule has 0 aromatic carbocycles. The van der Waals surface area contributed by atoms with Crippen molar-refractivity contribution < 1.29 is 5.11 Å². The number of rotatable bonds is 4. The summed E-state index contributed by atoms with van der Waals surface area (Å²) in [4.78, 5) is 2.18. The van der Waals surface area contributed by atoms with Crippen LogP contribution >= 0.6 is 0 Å². The largest absolute Gasteiger partial charge is 0.395 e. The van der Waals surface area contributed by atoms with E-state index >= 15 is 0 Å². The molecular formula is C10H25N3O. The summed E-state index contributed by atoms with van der Waals surface area (Å²) in [5.41, 5.74) is 0. The highest BCUT2D eigenvalue weighted by Gasteiger charge is 1.93. The summed E-state index contributed by atoms with van der Waals surface area (Å²) < 4.78 is 0. The number of piperazine rings is 1. The lowest BCUT2D eigenvalue weighted by molar-refractivity contribution is 0.208. The fraction of sp³-hybridized carbons (Fsp3) is 1.00. The first-order valence-electron chi connectivity index (χ1n) is 5.59. The SMILES string of the molecule is C1CNCCN1.CCN(CC)CCO. The highest BCUT2D eigenvalue weighted by molar-refractivity contribution is 4.59. The Hall–Kier alpha value is -0.160. The van der Waals surface area contributed by atoms with Gasteiger partial charge in [-0.1, -0.05) is 13.8 Å². The Bertz CT molecular complexity index is 92.0. The van der Waals surface area contributed by atoms with Crippen LogP contribution in [0.15, 0.2) is 0 Å². The molecule has 1 heterocycles. The minimum atomic E-state index is 0.279. The number of aliphatic hydroxyl groups is 1. The molecule has 1 aliphatic heterocycles. The van der Waals surface area contributed by atoms with E-state index in [1.54, 1.807) is 0 Å². The van der Waals surface area contributed by atoms with Gasteiger partial charge in [-0.3, -0.25) is 0 Å². The first-order chi connectivity index (χ1) is 6.85. The molecule has 0 amide bonds. The van der Waals surface area contributed by atoms with Crippen LogP contribution in [0, 0.1) is 0 Å². The third-order valence-corrected chi connectivity index (χ3v) is 2.27. The van der Waals surface area contributed by atoms with Crippen molar-refractivity contribution in [1.29, 1.82) is 0 Å². The molecule has 0 aromatic rings. The average Bonchev–Trinajstić information content (AvgIpc) is 2.29. The van der Waals surface area contributed by atoms with Gasteiger partial charge in [0.25, 0.3) is 0 Å². The van der Waals surface area contributed by atoms with Crippen LogP contribution < -0.4 is 10.6 Å². The zero-order valence-electron chi connectivity index (χ0n) is 9.55. The van der Waals surface area contributed by atoms with Crippen molar-refractivity contribution in [3.8, 4) is 0 Å². The number of nitrogens with zero attached hydrogens (tertiary/aromatic N) is 1. The predicted octanol–water partition coefficient (Wildman–Crippen LogP) is -0.500. The van der Waals surface area contributed by atoms with E-state index in [2.05, 4.69) is 29.4 Å². The Morgan fingerprint density at radius 1 is 1.00 bits per heavy atom. The molecular weight excluding hydrogens is 178 g/mol. The summed E-state index contributed by atoms with van der Waals surface area (Å²) in [6.07, 6.45) is 0. The molecule has 0 bridgehead atoms. The fourth-order valence-corrected chi connectivity index (χ4v) is 1.28. The van der Waals surface area contributed by atoms with Gasteiger partial charge >= 0.3 is 0 Å². The van der Waals surface area contributed by atoms with Gasteiger partial charge < -0.3 is 20.6 Å². The van der Waals surface area contributed by atoms with Crippen LogP contribution in [-0.4, -0.2) is 62.4 Å². The maximum atomic E-state index is 8.46. The minimum Gasteiger partial charge on any atom is -0.395 e. The lowest BCUT2D eigenvalue weighted by atomic mass is 10.4. The number of hydrogen-bond donors (Lipinski definition) is 3. The lowest BCUT2D eigenvalue weighted by Crippen LogP contribution is -2.39. The summed E-state index contributed by atoms with van der Waals surface area (Å²) in [7, 11) is 0. The summed E-state index contributed by atoms with van der Waals surface area (Å²) in [5, 5.41) is 14.9. The van der Waals surface area contributed by atoms with E-state index in [0.717, 1.165) is 45.8 Å². The van der Waals surface area contributed by atoms with Crippen molar-refractivity contribution in [3.05, 3.63) is 0 Å². The number of aliphatic hydroxyl groups excluding tert-OH is 1. The number of nitrogens with one attached hydrogen (secondary N) is 2. The number of hydrogen-bond acceptors (Lipinski definition) is 4. The lowest BCUT2D eigenvalue weighted by Gasteiger charge is -2.15. The van der Waals surface area contributed by atoms with Crippen molar-refractivity contribution >= 4 is 0 Å². The zero-order valence-corrected chi connectivity index (χ0v) is 9.55. The molecule has 1 rings (SSSR count). The third kappa shape index (κ3) is 8.44. The van der Waals surface area contributed by atoms with Crippen LogP contribution in [0.4, 0.5) is 0 Å². The third-order valence-electron chi connectivity index (χ3n) is 2.27. The highest BCUT2D eigenvalue weighted by Crippen LogP contribution is 1.82. The zero-order chi connectivity index (χ0) is 10.6. The van der Waals surface area contributed by atoms with E-state index in [1.807, 2.05) is 0 Å². The van der Waals surface area contributed by atoms with Gasteiger partial charge in [-0.15, -0.1) is 0 Å². The molecule has 86 valence electrons. The Labute approximate surface area is 87.7 Å². The van der Waals surface area contributed by atoms with Gasteiger partial charge in [0.1, 0.15) is 0 Å². The Balaban J connectivity index is 0.000000249. The maximum absolute atomic E-state index is 8.46. The first-order valence-corrected chi connectivity index (χ1v) is 5.59. The molecule has 0 spiro atoms. The van der Waals surface area contributed by atoms with Crippen molar-refractivity contribution in [3.63, 3.8) is 0 Å². The van der Waals surface area contributed by atoms with Crippen LogP contribution in [-0.2, 0) is 0 Å². The summed E-state index contributed by atoms with van der Waals surface area (Å²) in [5.74, 6) is 0. The van der Waals surface area contributed by atoms with E-state index < -0.39 is 0 Å². The van der Waals surface area contributed by atoms with Crippen molar-refractivity contribution in [2.75, 3.05) is 52.4 Å². The molecule has 0 unspecified atom stereocenters. The highest BCUT2D eigenvalue weighted by atomic mass is 16.3. The normalized spacial score (nSPS) is 16.3. The molecule has 4 nitrogen and oxygen atoms in total. The van der Waals surface area contributed by atoms with Gasteiger partial charge in [-0.25, -0.2) is 0 Å². The quantitative estimate of drug-likeness (QED) is 0.576. The van der Waals surface area contributed by atoms with Gasteiger partial charge in [0, 0.05) is 32.7 Å². The van der Waals surface area contributed by atoms with Crippen molar-refractivity contribution in [2.24, 2.45) is 0 Å². The van der Waals surface area contributed by atoms with Crippen LogP contribution in [0.25, 0.3) is 0 Å². The summed E-state index contributed by atoms with van der Waals surface area (Å²) in [6, 6.07) is 0. The van der Waals surface area contributed by atoms with E-state index in [-0.39, 0.29) is 6.61 Å². The van der Waals surface area contributed by atoms with Gasteiger partial charge in [0.2, 0.25) is 0 Å². The molecule has 0 saturated carbocycles. The van der Waals surface area contributed by atoms with Gasteiger partial charge in [-0.2, -0.15) is 0 Å². The minimum absolute atomic E-state index is 0.279. The molecule has 0 aromatic heterocycles. The molecule has 1 saturated heterocycles. The number of likely N-dealkylation sites (N-methyl/N-ethyl adjacent to an activating group) is 1. The van der Waals surface area contributed by atoms with Crippen LogP contribution in [0.3, 0.4) is 0 Å². The molecule has 0 atom stereocenters. The Kier molecular flexibility index (Phi) is 10.8. The molecule has 0 radical (unpaired) electrons. The second kappa shape index (κ2) is 10.9. The van der Waals surface area contributed by atoms with E-state index in [1.165, 1.54) is 0 Å². The predicted molar refractivity (Wildman–Crippen MR) is 60.6 cm³/mol. The Morgan fingerprint density at radius 3 is 1.57 bits per heavy atom. The van der Waals surface area contributed by atoms with Crippen molar-refractivity contribution in [2.45, 2.75) is 13.8 Å². The second-order valence-corrected chi connectivity index (χ2v) is 3.25. The second-order valence-electron chi connectivity index (χ2n) is 3.25. The first kappa shape index (κ1) is 13.8. The summed E-state index contributed by atoms with van der Waals surface area (Å²) in [6.45, 7) is 11.9. The van der Waals surface area contributed by atoms with Gasteiger partial charge in [0.15, 0.2) is 0 Å². The standard InChI is InChI=1S/C6H15NO.C4H10N2/c1-3-7(4-2)5-6-8;1-2-6-4-3-5-1/h8H,3-6H2,1-2H3;5-6H,1-4H2. The smallest absolute Gasteiger partial charge is 0.0558 e. The fourth-order valence-electron chi connectivity index (χ4n) is 1.28. The molecule has 1 fully saturated rings. The summed E-state index contributed by atoms with van der Waals surface area (Å²) >= 11 is 0. The molecule has 14 heavy (non-hydrogen) atoms. The van der Waals surface area contributed by atoms with Gasteiger partial charge in [-0.05, 0) is 13.1 Å². The average molecular weight is 203 g/mol.